The number of carbonyl (C=O) groups excluding carboxylic acids is 2. The number of aliphatic hydroxyl groups excluding tert-OH is 2. The Kier molecular flexibility index (Phi) is 15.9. The van der Waals surface area contributed by atoms with Crippen LogP contribution in [0, 0.1) is 0 Å². The van der Waals surface area contributed by atoms with E-state index in [4.69, 9.17) is 18.9 Å². The fraction of sp³-hybridized carbons (Fsp3) is 0.366. The van der Waals surface area contributed by atoms with E-state index >= 15 is 0 Å². The van der Waals surface area contributed by atoms with Crippen LogP contribution in [0.5, 0.6) is 11.5 Å². The summed E-state index contributed by atoms with van der Waals surface area (Å²) in [6.07, 6.45) is -1.96. The highest BCUT2D eigenvalue weighted by Crippen LogP contribution is 2.42. The Morgan fingerprint density at radius 2 is 0.982 bits per heavy atom. The van der Waals surface area contributed by atoms with Crippen molar-refractivity contribution in [2.45, 2.75) is 40.6 Å². The molecule has 8 nitrogen and oxygen atoms in total. The van der Waals surface area contributed by atoms with Crippen LogP contribution in [0.25, 0.3) is 22.3 Å². The number of thioether (sulfide) groups is 6. The minimum absolute atomic E-state index is 0.0341. The van der Waals surface area contributed by atoms with Crippen molar-refractivity contribution in [3.8, 4) is 33.8 Å². The van der Waals surface area contributed by atoms with E-state index in [-0.39, 0.29) is 47.5 Å². The Bertz CT molecular complexity index is 1720. The molecule has 0 aromatic heterocycles. The van der Waals surface area contributed by atoms with Crippen molar-refractivity contribution in [2.75, 3.05) is 46.8 Å². The van der Waals surface area contributed by atoms with Crippen molar-refractivity contribution in [2.24, 2.45) is 0 Å². The first kappa shape index (κ1) is 42.1. The first-order valence-corrected chi connectivity index (χ1v) is 24.2. The van der Waals surface area contributed by atoms with Gasteiger partial charge in [-0.15, -0.1) is 70.6 Å². The Balaban J connectivity index is 1.17. The maximum atomic E-state index is 12.5. The van der Waals surface area contributed by atoms with Crippen LogP contribution in [0.2, 0.25) is 0 Å². The first-order valence-electron chi connectivity index (χ1n) is 17.7. The molecule has 6 rings (SSSR count). The molecular formula is C41H44O8S6. The molecule has 292 valence electrons. The van der Waals surface area contributed by atoms with Crippen molar-refractivity contribution in [1.82, 2.24) is 0 Å². The second kappa shape index (κ2) is 20.7. The quantitative estimate of drug-likeness (QED) is 0.105. The molecule has 2 heterocycles. The van der Waals surface area contributed by atoms with E-state index in [1.807, 2.05) is 84.9 Å². The predicted octanol–water partition coefficient (Wildman–Crippen LogP) is 8.82. The number of aliphatic hydroxyl groups is 2. The first-order chi connectivity index (χ1) is 26.7. The monoisotopic (exact) mass is 856 g/mol. The molecule has 0 spiro atoms. The summed E-state index contributed by atoms with van der Waals surface area (Å²) in [5.41, 5.74) is 5.31. The van der Waals surface area contributed by atoms with Crippen LogP contribution in [0.4, 0.5) is 0 Å². The Labute approximate surface area is 348 Å². The maximum Gasteiger partial charge on any atom is 0.329 e. The van der Waals surface area contributed by atoms with Gasteiger partial charge in [-0.25, -0.2) is 9.59 Å². The van der Waals surface area contributed by atoms with E-state index in [1.165, 1.54) is 0 Å². The fourth-order valence-corrected chi connectivity index (χ4v) is 14.7. The topological polar surface area (TPSA) is 112 Å². The van der Waals surface area contributed by atoms with E-state index < -0.39 is 17.6 Å². The number of hydrogen-bond acceptors (Lipinski definition) is 14. The molecule has 2 aliphatic heterocycles. The summed E-state index contributed by atoms with van der Waals surface area (Å²) < 4.78 is 22.7. The second-order valence-electron chi connectivity index (χ2n) is 13.2. The lowest BCUT2D eigenvalue weighted by Crippen LogP contribution is -2.28. The fourth-order valence-electron chi connectivity index (χ4n) is 5.78. The van der Waals surface area contributed by atoms with Crippen molar-refractivity contribution >= 4 is 82.5 Å². The molecule has 4 aromatic rings. The average molecular weight is 857 g/mol. The Hall–Kier alpha value is -2.56. The lowest BCUT2D eigenvalue weighted by atomic mass is 9.76. The van der Waals surface area contributed by atoms with Gasteiger partial charge in [0.2, 0.25) is 0 Å². The smallest absolute Gasteiger partial charge is 0.329 e. The predicted molar refractivity (Wildman–Crippen MR) is 233 cm³/mol. The van der Waals surface area contributed by atoms with Gasteiger partial charge in [0.25, 0.3) is 0 Å². The summed E-state index contributed by atoms with van der Waals surface area (Å²) in [5, 5.41) is 24.8. The molecular weight excluding hydrogens is 813 g/mol. The van der Waals surface area contributed by atoms with Crippen LogP contribution in [0.15, 0.2) is 97.1 Å². The SMILES string of the molecule is CC(C)(c1ccc(OCC(O)COC(=O)C2SCSCS2)c(-c2ccccc2)c1)c1ccc(OCC(O)COC(=O)C2SCSCS2)c(-c2ccccc2)c1. The summed E-state index contributed by atoms with van der Waals surface area (Å²) >= 11 is 9.76. The zero-order valence-electron chi connectivity index (χ0n) is 30.5. The minimum atomic E-state index is -0.982. The largest absolute Gasteiger partial charge is 0.490 e. The van der Waals surface area contributed by atoms with Crippen molar-refractivity contribution in [1.29, 1.82) is 0 Å². The van der Waals surface area contributed by atoms with Gasteiger partial charge in [0.1, 0.15) is 59.3 Å². The van der Waals surface area contributed by atoms with Gasteiger partial charge in [-0.2, -0.15) is 0 Å². The van der Waals surface area contributed by atoms with Gasteiger partial charge >= 0.3 is 11.9 Å². The summed E-state index contributed by atoms with van der Waals surface area (Å²) in [4.78, 5) is 25.0. The number of benzene rings is 4. The number of esters is 2. The lowest BCUT2D eigenvalue weighted by Gasteiger charge is -2.29. The second-order valence-corrected chi connectivity index (χ2v) is 21.6. The van der Waals surface area contributed by atoms with E-state index in [0.29, 0.717) is 11.5 Å². The Morgan fingerprint density at radius 3 is 1.36 bits per heavy atom. The zero-order valence-corrected chi connectivity index (χ0v) is 35.4. The van der Waals surface area contributed by atoms with E-state index in [9.17, 15) is 19.8 Å². The standard InChI is InChI=1S/C41H44O8S6/c1-41(2,29-13-15-35(33(17-29)27-9-5-3-6-10-27)46-19-31(42)21-48-37(44)39-52-23-50-24-53-39)30-14-16-36(34(18-30)28-11-7-4-8-12-28)47-20-32(43)22-49-38(45)40-54-25-51-26-55-40/h3-18,31-32,39-40,42-43H,19-26H2,1-2H3. The van der Waals surface area contributed by atoms with Crippen LogP contribution < -0.4 is 9.47 Å². The molecule has 2 fully saturated rings. The van der Waals surface area contributed by atoms with E-state index in [1.54, 1.807) is 70.6 Å². The third-order valence-electron chi connectivity index (χ3n) is 8.87. The van der Waals surface area contributed by atoms with Gasteiger partial charge < -0.3 is 29.2 Å². The van der Waals surface area contributed by atoms with Gasteiger partial charge in [-0.1, -0.05) is 86.6 Å². The van der Waals surface area contributed by atoms with Crippen LogP contribution in [-0.2, 0) is 24.5 Å². The van der Waals surface area contributed by atoms with Crippen molar-refractivity contribution < 1.29 is 38.7 Å². The molecule has 2 N–H and O–H groups in total. The van der Waals surface area contributed by atoms with E-state index in [2.05, 4.69) is 26.0 Å². The highest BCUT2D eigenvalue weighted by atomic mass is 32.3. The van der Waals surface area contributed by atoms with Gasteiger partial charge in [0, 0.05) is 36.9 Å². The minimum Gasteiger partial charge on any atom is -0.490 e. The van der Waals surface area contributed by atoms with Crippen molar-refractivity contribution in [3.05, 3.63) is 108 Å². The summed E-state index contributed by atoms with van der Waals surface area (Å²) in [5.74, 6) is 0.590. The summed E-state index contributed by atoms with van der Waals surface area (Å²) in [6, 6.07) is 32.1. The molecule has 0 amide bonds. The van der Waals surface area contributed by atoms with E-state index in [0.717, 1.165) is 53.7 Å². The lowest BCUT2D eigenvalue weighted by molar-refractivity contribution is -0.145. The van der Waals surface area contributed by atoms with Crippen LogP contribution in [0.3, 0.4) is 0 Å². The third kappa shape index (κ3) is 11.8. The molecule has 14 heteroatoms. The molecule has 2 aliphatic rings. The zero-order chi connectivity index (χ0) is 38.6. The van der Waals surface area contributed by atoms with Crippen molar-refractivity contribution in [3.63, 3.8) is 0 Å². The van der Waals surface area contributed by atoms with Gasteiger partial charge in [-0.05, 0) is 46.5 Å². The molecule has 2 atom stereocenters. The van der Waals surface area contributed by atoms with Gasteiger partial charge in [0.05, 0.1) is 0 Å². The number of hydrogen-bond donors (Lipinski definition) is 2. The molecule has 2 unspecified atom stereocenters. The molecule has 0 aliphatic carbocycles. The van der Waals surface area contributed by atoms with Gasteiger partial charge in [-0.3, -0.25) is 0 Å². The number of rotatable bonds is 16. The molecule has 55 heavy (non-hydrogen) atoms. The summed E-state index contributed by atoms with van der Waals surface area (Å²) in [6.45, 7) is 4.00. The molecule has 0 radical (unpaired) electrons. The van der Waals surface area contributed by atoms with Gasteiger partial charge in [0.15, 0.2) is 0 Å². The maximum absolute atomic E-state index is 12.5. The summed E-state index contributed by atoms with van der Waals surface area (Å²) in [7, 11) is 0. The van der Waals surface area contributed by atoms with Crippen LogP contribution in [0.1, 0.15) is 25.0 Å². The van der Waals surface area contributed by atoms with Crippen LogP contribution in [-0.4, -0.2) is 90.3 Å². The third-order valence-corrected chi connectivity index (χ3v) is 17.3. The molecule has 2 saturated heterocycles. The number of ether oxygens (including phenoxy) is 4. The molecule has 0 saturated carbocycles. The normalized spacial score (nSPS) is 16.5. The molecule has 4 aromatic carbocycles. The highest BCUT2D eigenvalue weighted by molar-refractivity contribution is 8.33. The highest BCUT2D eigenvalue weighted by Gasteiger charge is 2.28. The molecule has 0 bridgehead atoms. The number of carbonyl (C=O) groups is 2. The average Bonchev–Trinajstić information content (AvgIpc) is 3.24. The Morgan fingerprint density at radius 1 is 0.600 bits per heavy atom. The van der Waals surface area contributed by atoms with Crippen LogP contribution >= 0.6 is 70.6 Å².